The van der Waals surface area contributed by atoms with Gasteiger partial charge in [-0.1, -0.05) is 19.9 Å². The smallest absolute Gasteiger partial charge is 0.255 e. The molecule has 0 saturated heterocycles. The Bertz CT molecular complexity index is 468. The van der Waals surface area contributed by atoms with Crippen LogP contribution in [-0.4, -0.2) is 22.2 Å². The number of carbonyl (C=O) groups excluding carboxylic acids is 1. The third-order valence-corrected chi connectivity index (χ3v) is 3.56. The molecule has 3 N–H and O–H groups in total. The highest BCUT2D eigenvalue weighted by atomic mass is 16.3. The van der Waals surface area contributed by atoms with Crippen LogP contribution in [-0.2, 0) is 0 Å². The second kappa shape index (κ2) is 4.52. The summed E-state index contributed by atoms with van der Waals surface area (Å²) in [5.41, 5.74) is 0.387. The number of carbonyl (C=O) groups is 1. The average Bonchev–Trinajstić information content (AvgIpc) is 2.62. The molecule has 0 radical (unpaired) electrons. The number of hydrogen-bond donors (Lipinski definition) is 3. The zero-order valence-corrected chi connectivity index (χ0v) is 10.7. The highest BCUT2D eigenvalue weighted by Crippen LogP contribution is 2.37. The number of hydrogen-bond acceptors (Lipinski definition) is 3. The van der Waals surface area contributed by atoms with Crippen molar-refractivity contribution in [3.8, 4) is 11.5 Å². The van der Waals surface area contributed by atoms with Gasteiger partial charge in [0.2, 0.25) is 0 Å². The quantitative estimate of drug-likeness (QED) is 0.705. The lowest BCUT2D eigenvalue weighted by Gasteiger charge is -2.18. The number of benzene rings is 1. The predicted octanol–water partition coefficient (Wildman–Crippen LogP) is 2.41. The molecule has 1 fully saturated rings. The SMILES string of the molecule is CC1(C)CCC(NC(=O)c2cccc(O)c2O)C1. The molecule has 0 heterocycles. The maximum absolute atomic E-state index is 12.0. The van der Waals surface area contributed by atoms with Crippen LogP contribution in [0.3, 0.4) is 0 Å². The summed E-state index contributed by atoms with van der Waals surface area (Å²) in [7, 11) is 0. The third kappa shape index (κ3) is 2.58. The van der Waals surface area contributed by atoms with Crippen molar-refractivity contribution in [2.45, 2.75) is 39.2 Å². The summed E-state index contributed by atoms with van der Waals surface area (Å²) in [5, 5.41) is 21.9. The van der Waals surface area contributed by atoms with E-state index in [1.165, 1.54) is 12.1 Å². The fourth-order valence-corrected chi connectivity index (χ4v) is 2.54. The van der Waals surface area contributed by atoms with Gasteiger partial charge in [0.1, 0.15) is 0 Å². The summed E-state index contributed by atoms with van der Waals surface area (Å²) < 4.78 is 0. The fraction of sp³-hybridized carbons (Fsp3) is 0.500. The minimum Gasteiger partial charge on any atom is -0.504 e. The molecule has 2 rings (SSSR count). The van der Waals surface area contributed by atoms with Gasteiger partial charge in [-0.15, -0.1) is 0 Å². The molecule has 1 atom stereocenters. The van der Waals surface area contributed by atoms with Gasteiger partial charge >= 0.3 is 0 Å². The molecular formula is C14H19NO3. The second-order valence-electron chi connectivity index (χ2n) is 5.75. The second-order valence-corrected chi connectivity index (χ2v) is 5.75. The van der Waals surface area contributed by atoms with Gasteiger partial charge < -0.3 is 15.5 Å². The zero-order valence-electron chi connectivity index (χ0n) is 10.7. The van der Waals surface area contributed by atoms with Crippen LogP contribution in [0.5, 0.6) is 11.5 Å². The molecule has 0 aromatic heterocycles. The molecule has 18 heavy (non-hydrogen) atoms. The highest BCUT2D eigenvalue weighted by molar-refractivity contribution is 5.97. The van der Waals surface area contributed by atoms with Crippen LogP contribution in [0.15, 0.2) is 18.2 Å². The van der Waals surface area contributed by atoms with Crippen molar-refractivity contribution in [2.75, 3.05) is 0 Å². The van der Waals surface area contributed by atoms with Gasteiger partial charge in [-0.25, -0.2) is 0 Å². The van der Waals surface area contributed by atoms with Gasteiger partial charge in [-0.05, 0) is 36.8 Å². The Balaban J connectivity index is 2.07. The Morgan fingerprint density at radius 2 is 2.11 bits per heavy atom. The molecule has 4 nitrogen and oxygen atoms in total. The number of rotatable bonds is 2. The van der Waals surface area contributed by atoms with E-state index in [0.717, 1.165) is 19.3 Å². The Morgan fingerprint density at radius 1 is 1.39 bits per heavy atom. The highest BCUT2D eigenvalue weighted by Gasteiger charge is 2.32. The van der Waals surface area contributed by atoms with Crippen LogP contribution in [0.25, 0.3) is 0 Å². The predicted molar refractivity (Wildman–Crippen MR) is 68.7 cm³/mol. The topological polar surface area (TPSA) is 69.6 Å². The Kier molecular flexibility index (Phi) is 3.20. The molecule has 98 valence electrons. The van der Waals surface area contributed by atoms with Gasteiger partial charge in [-0.2, -0.15) is 0 Å². The third-order valence-electron chi connectivity index (χ3n) is 3.56. The zero-order chi connectivity index (χ0) is 13.3. The first-order chi connectivity index (χ1) is 8.39. The molecular weight excluding hydrogens is 230 g/mol. The summed E-state index contributed by atoms with van der Waals surface area (Å²) in [6, 6.07) is 4.55. The molecule has 1 amide bonds. The summed E-state index contributed by atoms with van der Waals surface area (Å²) in [6.45, 7) is 4.37. The first-order valence-corrected chi connectivity index (χ1v) is 6.21. The van der Waals surface area contributed by atoms with Crippen molar-refractivity contribution in [1.29, 1.82) is 0 Å². The molecule has 1 unspecified atom stereocenters. The monoisotopic (exact) mass is 249 g/mol. The van der Waals surface area contributed by atoms with Crippen molar-refractivity contribution in [1.82, 2.24) is 5.32 Å². The lowest BCUT2D eigenvalue weighted by molar-refractivity contribution is 0.0932. The van der Waals surface area contributed by atoms with E-state index in [0.29, 0.717) is 0 Å². The maximum atomic E-state index is 12.0. The Hall–Kier alpha value is -1.71. The largest absolute Gasteiger partial charge is 0.504 e. The minimum atomic E-state index is -0.354. The van der Waals surface area contributed by atoms with Gasteiger partial charge in [0.15, 0.2) is 11.5 Å². The van der Waals surface area contributed by atoms with Crippen molar-refractivity contribution >= 4 is 5.91 Å². The number of para-hydroxylation sites is 1. The van der Waals surface area contributed by atoms with E-state index in [4.69, 9.17) is 0 Å². The molecule has 1 aliphatic rings. The van der Waals surface area contributed by atoms with Crippen LogP contribution in [0.1, 0.15) is 43.5 Å². The van der Waals surface area contributed by atoms with Crippen LogP contribution < -0.4 is 5.32 Å². The number of amides is 1. The Labute approximate surface area is 107 Å². The van der Waals surface area contributed by atoms with E-state index < -0.39 is 0 Å². The minimum absolute atomic E-state index is 0.125. The van der Waals surface area contributed by atoms with Crippen LogP contribution in [0.2, 0.25) is 0 Å². The lowest BCUT2D eigenvalue weighted by atomic mass is 9.92. The van der Waals surface area contributed by atoms with Crippen molar-refractivity contribution in [3.63, 3.8) is 0 Å². The van der Waals surface area contributed by atoms with Crippen LogP contribution >= 0.6 is 0 Å². The van der Waals surface area contributed by atoms with Gasteiger partial charge in [-0.3, -0.25) is 4.79 Å². The summed E-state index contributed by atoms with van der Waals surface area (Å²) >= 11 is 0. The molecule has 0 bridgehead atoms. The van der Waals surface area contributed by atoms with E-state index in [1.54, 1.807) is 6.07 Å². The van der Waals surface area contributed by atoms with E-state index in [9.17, 15) is 15.0 Å². The summed E-state index contributed by atoms with van der Waals surface area (Å²) in [6.07, 6.45) is 2.99. The molecule has 1 aromatic carbocycles. The number of phenols is 2. The van der Waals surface area contributed by atoms with E-state index >= 15 is 0 Å². The lowest BCUT2D eigenvalue weighted by Crippen LogP contribution is -2.33. The molecule has 0 aliphatic heterocycles. The fourth-order valence-electron chi connectivity index (χ4n) is 2.54. The number of phenolic OH excluding ortho intramolecular Hbond substituents is 2. The molecule has 1 aliphatic carbocycles. The van der Waals surface area contributed by atoms with Crippen molar-refractivity contribution in [3.05, 3.63) is 23.8 Å². The number of nitrogens with one attached hydrogen (secondary N) is 1. The summed E-state index contributed by atoms with van der Waals surface area (Å²) in [5.74, 6) is -0.951. The molecule has 0 spiro atoms. The van der Waals surface area contributed by atoms with E-state index in [-0.39, 0.29) is 34.4 Å². The molecule has 1 aromatic rings. The first kappa shape index (κ1) is 12.7. The normalized spacial score (nSPS) is 21.8. The maximum Gasteiger partial charge on any atom is 0.255 e. The number of aromatic hydroxyl groups is 2. The Morgan fingerprint density at radius 3 is 2.72 bits per heavy atom. The van der Waals surface area contributed by atoms with Crippen molar-refractivity contribution in [2.24, 2.45) is 5.41 Å². The van der Waals surface area contributed by atoms with E-state index in [1.807, 2.05) is 0 Å². The van der Waals surface area contributed by atoms with Crippen LogP contribution in [0, 0.1) is 5.41 Å². The standard InChI is InChI=1S/C14H19NO3/c1-14(2)7-6-9(8-14)15-13(18)10-4-3-5-11(16)12(10)17/h3-5,9,16-17H,6-8H2,1-2H3,(H,15,18). The van der Waals surface area contributed by atoms with Gasteiger partial charge in [0.25, 0.3) is 5.91 Å². The summed E-state index contributed by atoms with van der Waals surface area (Å²) in [4.78, 5) is 12.0. The molecule has 1 saturated carbocycles. The van der Waals surface area contributed by atoms with Crippen molar-refractivity contribution < 1.29 is 15.0 Å². The average molecular weight is 249 g/mol. The first-order valence-electron chi connectivity index (χ1n) is 6.21. The van der Waals surface area contributed by atoms with Gasteiger partial charge in [0, 0.05) is 6.04 Å². The molecule has 4 heteroatoms. The van der Waals surface area contributed by atoms with Gasteiger partial charge in [0.05, 0.1) is 5.56 Å². The van der Waals surface area contributed by atoms with Crippen LogP contribution in [0.4, 0.5) is 0 Å². The van der Waals surface area contributed by atoms with E-state index in [2.05, 4.69) is 19.2 Å².